The first-order valence-electron chi connectivity index (χ1n) is 8.33. The number of benzene rings is 2. The lowest BCUT2D eigenvalue weighted by molar-refractivity contribution is 0.363. The summed E-state index contributed by atoms with van der Waals surface area (Å²) in [5.74, 6) is -0.521. The molecule has 4 nitrogen and oxygen atoms in total. The van der Waals surface area contributed by atoms with Gasteiger partial charge in [0.2, 0.25) is 0 Å². The highest BCUT2D eigenvalue weighted by Gasteiger charge is 2.33. The molecule has 0 aliphatic carbocycles. The van der Waals surface area contributed by atoms with E-state index < -0.39 is 0 Å². The lowest BCUT2D eigenvalue weighted by Gasteiger charge is -2.37. The van der Waals surface area contributed by atoms with Crippen molar-refractivity contribution in [1.82, 2.24) is 10.7 Å². The number of nitrogens with one attached hydrogen (secondary N) is 2. The number of hydrazone groups is 1. The molecule has 3 rings (SSSR count). The van der Waals surface area contributed by atoms with E-state index >= 15 is 0 Å². The Bertz CT molecular complexity index is 805. The average Bonchev–Trinajstić information content (AvgIpc) is 2.62. The van der Waals surface area contributed by atoms with Gasteiger partial charge in [-0.3, -0.25) is 5.43 Å². The van der Waals surface area contributed by atoms with Crippen molar-refractivity contribution in [2.75, 3.05) is 0 Å². The number of rotatable bonds is 3. The van der Waals surface area contributed by atoms with Crippen molar-refractivity contribution in [3.8, 4) is 0 Å². The van der Waals surface area contributed by atoms with Crippen LogP contribution in [0.15, 0.2) is 53.6 Å². The van der Waals surface area contributed by atoms with E-state index in [-0.39, 0.29) is 34.7 Å². The Morgan fingerprint density at radius 1 is 1.08 bits per heavy atom. The molecule has 1 saturated heterocycles. The smallest absolute Gasteiger partial charge is 0.184 e. The zero-order chi connectivity index (χ0) is 18.7. The number of piperidine rings is 1. The van der Waals surface area contributed by atoms with E-state index in [1.807, 2.05) is 6.92 Å². The third kappa shape index (κ3) is 4.23. The molecule has 2 aromatic rings. The molecule has 0 spiro atoms. The van der Waals surface area contributed by atoms with Gasteiger partial charge in [-0.2, -0.15) is 5.10 Å². The molecule has 4 N–H and O–H groups in total. The van der Waals surface area contributed by atoms with Crippen LogP contribution in [0.1, 0.15) is 36.6 Å². The standard InChI is InChI=1S/C19H20F2N4S/c1-11-16(24-25-19(22)26)10-17(12-2-6-14(20)7-3-12)23-18(11)13-4-8-15(21)9-5-13/h2-9,11,17-18,23H,10H2,1H3,(H3,22,25,26)/b24-16+. The van der Waals surface area contributed by atoms with Crippen LogP contribution in [-0.4, -0.2) is 10.8 Å². The van der Waals surface area contributed by atoms with Crippen LogP contribution in [0.25, 0.3) is 0 Å². The molecule has 1 aliphatic rings. The first kappa shape index (κ1) is 18.4. The molecular formula is C19H20F2N4S. The molecule has 7 heteroatoms. The summed E-state index contributed by atoms with van der Waals surface area (Å²) in [7, 11) is 0. The third-order valence-electron chi connectivity index (χ3n) is 4.63. The monoisotopic (exact) mass is 374 g/mol. The Balaban J connectivity index is 1.94. The number of hydrogen-bond acceptors (Lipinski definition) is 3. The Labute approximate surface area is 156 Å². The fourth-order valence-corrected chi connectivity index (χ4v) is 3.29. The molecule has 26 heavy (non-hydrogen) atoms. The Kier molecular flexibility index (Phi) is 5.58. The molecule has 1 aliphatic heterocycles. The Hall–Kier alpha value is -2.38. The second-order valence-electron chi connectivity index (χ2n) is 6.37. The fraction of sp³-hybridized carbons (Fsp3) is 0.263. The van der Waals surface area contributed by atoms with Crippen LogP contribution in [0.4, 0.5) is 8.78 Å². The first-order chi connectivity index (χ1) is 12.4. The molecule has 0 bridgehead atoms. The quantitative estimate of drug-likeness (QED) is 0.568. The van der Waals surface area contributed by atoms with Gasteiger partial charge in [-0.1, -0.05) is 31.2 Å². The van der Waals surface area contributed by atoms with Gasteiger partial charge in [-0.05, 0) is 47.6 Å². The Morgan fingerprint density at radius 2 is 1.62 bits per heavy atom. The van der Waals surface area contributed by atoms with E-state index in [2.05, 4.69) is 15.8 Å². The molecule has 0 saturated carbocycles. The van der Waals surface area contributed by atoms with Gasteiger partial charge in [0.25, 0.3) is 0 Å². The summed E-state index contributed by atoms with van der Waals surface area (Å²) in [6.07, 6.45) is 0.625. The van der Waals surface area contributed by atoms with E-state index in [0.717, 1.165) is 16.8 Å². The summed E-state index contributed by atoms with van der Waals surface area (Å²) >= 11 is 4.84. The number of halogens is 2. The van der Waals surface area contributed by atoms with Crippen LogP contribution in [0, 0.1) is 17.6 Å². The van der Waals surface area contributed by atoms with Gasteiger partial charge in [0, 0.05) is 30.1 Å². The minimum absolute atomic E-state index is 0.0407. The van der Waals surface area contributed by atoms with Gasteiger partial charge >= 0.3 is 0 Å². The largest absolute Gasteiger partial charge is 0.375 e. The average molecular weight is 374 g/mol. The minimum Gasteiger partial charge on any atom is -0.375 e. The molecule has 0 amide bonds. The second kappa shape index (κ2) is 7.88. The predicted molar refractivity (Wildman–Crippen MR) is 103 cm³/mol. The van der Waals surface area contributed by atoms with Gasteiger partial charge < -0.3 is 11.1 Å². The number of nitrogens with two attached hydrogens (primary N) is 1. The summed E-state index contributed by atoms with van der Waals surface area (Å²) in [4.78, 5) is 0. The zero-order valence-corrected chi connectivity index (χ0v) is 15.1. The predicted octanol–water partition coefficient (Wildman–Crippen LogP) is 3.57. The number of thiocarbonyl (C=S) groups is 1. The summed E-state index contributed by atoms with van der Waals surface area (Å²) < 4.78 is 26.6. The normalized spacial score (nSPS) is 24.4. The van der Waals surface area contributed by atoms with Crippen molar-refractivity contribution in [2.45, 2.75) is 25.4 Å². The van der Waals surface area contributed by atoms with E-state index in [4.69, 9.17) is 18.0 Å². The minimum atomic E-state index is -0.281. The molecule has 136 valence electrons. The molecule has 2 aromatic carbocycles. The molecule has 1 heterocycles. The van der Waals surface area contributed by atoms with Gasteiger partial charge in [-0.15, -0.1) is 0 Å². The molecule has 3 unspecified atom stereocenters. The van der Waals surface area contributed by atoms with Crippen molar-refractivity contribution >= 4 is 23.0 Å². The summed E-state index contributed by atoms with van der Waals surface area (Å²) in [5.41, 5.74) is 10.9. The number of hydrogen-bond donors (Lipinski definition) is 3. The van der Waals surface area contributed by atoms with Crippen LogP contribution < -0.4 is 16.5 Å². The van der Waals surface area contributed by atoms with Crippen molar-refractivity contribution in [3.63, 3.8) is 0 Å². The highest BCUT2D eigenvalue weighted by atomic mass is 32.1. The van der Waals surface area contributed by atoms with Crippen LogP contribution in [-0.2, 0) is 0 Å². The molecule has 1 fully saturated rings. The van der Waals surface area contributed by atoms with Crippen molar-refractivity contribution in [1.29, 1.82) is 0 Å². The van der Waals surface area contributed by atoms with Crippen LogP contribution in [0.2, 0.25) is 0 Å². The highest BCUT2D eigenvalue weighted by Crippen LogP contribution is 2.35. The highest BCUT2D eigenvalue weighted by molar-refractivity contribution is 7.80. The van der Waals surface area contributed by atoms with Gasteiger partial charge in [0.1, 0.15) is 11.6 Å². The van der Waals surface area contributed by atoms with Crippen molar-refractivity contribution < 1.29 is 8.78 Å². The van der Waals surface area contributed by atoms with Crippen LogP contribution in [0.5, 0.6) is 0 Å². The van der Waals surface area contributed by atoms with E-state index in [1.165, 1.54) is 24.3 Å². The summed E-state index contributed by atoms with van der Waals surface area (Å²) in [6, 6.07) is 12.6. The Morgan fingerprint density at radius 3 is 2.15 bits per heavy atom. The first-order valence-corrected chi connectivity index (χ1v) is 8.73. The fourth-order valence-electron chi connectivity index (χ4n) is 3.25. The van der Waals surface area contributed by atoms with Crippen LogP contribution >= 0.6 is 12.2 Å². The van der Waals surface area contributed by atoms with E-state index in [9.17, 15) is 8.78 Å². The van der Waals surface area contributed by atoms with Gasteiger partial charge in [0.15, 0.2) is 5.11 Å². The van der Waals surface area contributed by atoms with Crippen molar-refractivity contribution in [2.24, 2.45) is 16.8 Å². The molecule has 0 radical (unpaired) electrons. The van der Waals surface area contributed by atoms with Crippen molar-refractivity contribution in [3.05, 3.63) is 71.3 Å². The SMILES string of the molecule is CC1/C(=N/NC(N)=S)CC(c2ccc(F)cc2)NC1c1ccc(F)cc1. The lowest BCUT2D eigenvalue weighted by Crippen LogP contribution is -2.42. The molecular weight excluding hydrogens is 354 g/mol. The maximum Gasteiger partial charge on any atom is 0.184 e. The maximum atomic E-state index is 13.3. The third-order valence-corrected chi connectivity index (χ3v) is 4.72. The summed E-state index contributed by atoms with van der Waals surface area (Å²) in [6.45, 7) is 2.04. The molecule has 3 atom stereocenters. The van der Waals surface area contributed by atoms with Crippen LogP contribution in [0.3, 0.4) is 0 Å². The van der Waals surface area contributed by atoms with E-state index in [1.54, 1.807) is 24.3 Å². The second-order valence-corrected chi connectivity index (χ2v) is 6.81. The lowest BCUT2D eigenvalue weighted by atomic mass is 9.81. The molecule has 0 aromatic heterocycles. The van der Waals surface area contributed by atoms with Gasteiger partial charge in [0.05, 0.1) is 0 Å². The zero-order valence-electron chi connectivity index (χ0n) is 14.2. The van der Waals surface area contributed by atoms with Gasteiger partial charge in [-0.25, -0.2) is 8.78 Å². The summed E-state index contributed by atoms with van der Waals surface area (Å²) in [5, 5.41) is 8.03. The topological polar surface area (TPSA) is 62.4 Å². The maximum absolute atomic E-state index is 13.3. The number of nitrogens with zero attached hydrogens (tertiary/aromatic N) is 1. The van der Waals surface area contributed by atoms with E-state index in [0.29, 0.717) is 6.42 Å².